The second-order valence-electron chi connectivity index (χ2n) is 8.51. The Hall–Kier alpha value is -3.88. The van der Waals surface area contributed by atoms with Crippen LogP contribution in [0.5, 0.6) is 0 Å². The summed E-state index contributed by atoms with van der Waals surface area (Å²) in [4.78, 5) is 10.3. The van der Waals surface area contributed by atoms with Gasteiger partial charge in [-0.05, 0) is 76.9 Å². The van der Waals surface area contributed by atoms with Crippen molar-refractivity contribution in [2.24, 2.45) is 0 Å². The van der Waals surface area contributed by atoms with Crippen molar-refractivity contribution >= 4 is 27.9 Å². The van der Waals surface area contributed by atoms with Crippen LogP contribution in [-0.4, -0.2) is 48.9 Å². The molecule has 0 N–H and O–H groups in total. The number of hydrogen-bond acceptors (Lipinski definition) is 5. The SMILES string of the molecule is O=S(=O)(c1cccnc1)N1CCN(c2ccc(C=Cc3cc(F)cc(-c4ccncc4)c3)cc2)CC1. The van der Waals surface area contributed by atoms with E-state index in [0.29, 0.717) is 26.2 Å². The third kappa shape index (κ3) is 5.35. The summed E-state index contributed by atoms with van der Waals surface area (Å²) in [5.41, 5.74) is 4.52. The minimum absolute atomic E-state index is 0.223. The van der Waals surface area contributed by atoms with E-state index in [1.807, 2.05) is 54.6 Å². The van der Waals surface area contributed by atoms with Gasteiger partial charge in [0.05, 0.1) is 0 Å². The fourth-order valence-electron chi connectivity index (χ4n) is 4.24. The number of halogens is 1. The average molecular weight is 501 g/mol. The van der Waals surface area contributed by atoms with Gasteiger partial charge in [-0.1, -0.05) is 24.3 Å². The molecule has 8 heteroatoms. The third-order valence-corrected chi connectivity index (χ3v) is 8.05. The molecule has 0 aliphatic carbocycles. The minimum atomic E-state index is -3.53. The molecule has 5 rings (SSSR count). The average Bonchev–Trinajstić information content (AvgIpc) is 2.93. The summed E-state index contributed by atoms with van der Waals surface area (Å²) in [6.45, 7) is 2.04. The molecule has 1 fully saturated rings. The maximum Gasteiger partial charge on any atom is 0.244 e. The molecular weight excluding hydrogens is 475 g/mol. The summed E-state index contributed by atoms with van der Waals surface area (Å²) in [6, 6.07) is 20.0. The van der Waals surface area contributed by atoms with Gasteiger partial charge in [-0.2, -0.15) is 4.31 Å². The molecule has 0 spiro atoms. The van der Waals surface area contributed by atoms with Crippen molar-refractivity contribution in [3.63, 3.8) is 0 Å². The molecule has 6 nitrogen and oxygen atoms in total. The van der Waals surface area contributed by atoms with Crippen LogP contribution < -0.4 is 4.90 Å². The highest BCUT2D eigenvalue weighted by Crippen LogP contribution is 2.24. The summed E-state index contributed by atoms with van der Waals surface area (Å²) in [5, 5.41) is 0. The number of aromatic nitrogens is 2. The van der Waals surface area contributed by atoms with Crippen molar-refractivity contribution in [1.29, 1.82) is 0 Å². The van der Waals surface area contributed by atoms with Crippen LogP contribution in [-0.2, 0) is 10.0 Å². The van der Waals surface area contributed by atoms with E-state index in [1.54, 1.807) is 30.7 Å². The molecular formula is C28H25FN4O2S. The number of hydrogen-bond donors (Lipinski definition) is 0. The van der Waals surface area contributed by atoms with E-state index in [-0.39, 0.29) is 10.7 Å². The van der Waals surface area contributed by atoms with Crippen LogP contribution in [0.2, 0.25) is 0 Å². The standard InChI is InChI=1S/C28H25FN4O2S/c29-26-19-23(18-25(20-26)24-9-12-30-13-10-24)4-3-22-5-7-27(8-6-22)32-14-16-33(17-15-32)36(34,35)28-2-1-11-31-21-28/h1-13,18-21H,14-17H2. The number of nitrogens with zero attached hydrogens (tertiary/aromatic N) is 4. The van der Waals surface area contributed by atoms with Crippen molar-refractivity contribution in [2.75, 3.05) is 31.1 Å². The largest absolute Gasteiger partial charge is 0.369 e. The molecule has 1 aliphatic rings. The Kier molecular flexibility index (Phi) is 6.88. The van der Waals surface area contributed by atoms with Crippen LogP contribution in [0.3, 0.4) is 0 Å². The maximum absolute atomic E-state index is 14.2. The zero-order valence-electron chi connectivity index (χ0n) is 19.5. The maximum atomic E-state index is 14.2. The first-order valence-corrected chi connectivity index (χ1v) is 13.1. The molecule has 2 aromatic carbocycles. The van der Waals surface area contributed by atoms with Gasteiger partial charge in [0.2, 0.25) is 10.0 Å². The number of benzene rings is 2. The van der Waals surface area contributed by atoms with Crippen molar-refractivity contribution in [2.45, 2.75) is 4.90 Å². The molecule has 4 aromatic rings. The number of piperazine rings is 1. The van der Waals surface area contributed by atoms with Crippen LogP contribution in [0, 0.1) is 5.82 Å². The van der Waals surface area contributed by atoms with Crippen molar-refractivity contribution < 1.29 is 12.8 Å². The topological polar surface area (TPSA) is 66.4 Å². The summed E-state index contributed by atoms with van der Waals surface area (Å²) in [7, 11) is -3.53. The first-order chi connectivity index (χ1) is 17.5. The minimum Gasteiger partial charge on any atom is -0.369 e. The van der Waals surface area contributed by atoms with Crippen molar-refractivity contribution in [3.8, 4) is 11.1 Å². The van der Waals surface area contributed by atoms with E-state index in [0.717, 1.165) is 27.9 Å². The van der Waals surface area contributed by atoms with E-state index >= 15 is 0 Å². The van der Waals surface area contributed by atoms with E-state index in [4.69, 9.17) is 0 Å². The predicted molar refractivity (Wildman–Crippen MR) is 140 cm³/mol. The van der Waals surface area contributed by atoms with Gasteiger partial charge in [0.15, 0.2) is 0 Å². The van der Waals surface area contributed by atoms with Crippen LogP contribution in [0.15, 0.2) is 96.4 Å². The van der Waals surface area contributed by atoms with Crippen LogP contribution >= 0.6 is 0 Å². The predicted octanol–water partition coefficient (Wildman–Crippen LogP) is 4.96. The zero-order valence-corrected chi connectivity index (χ0v) is 20.4. The van der Waals surface area contributed by atoms with Crippen LogP contribution in [0.25, 0.3) is 23.3 Å². The Morgan fingerprint density at radius 2 is 1.47 bits per heavy atom. The molecule has 0 bridgehead atoms. The van der Waals surface area contributed by atoms with Crippen molar-refractivity contribution in [3.05, 3.63) is 108 Å². The number of anilines is 1. The Labute approximate surface area is 210 Å². The fraction of sp³-hybridized carbons (Fsp3) is 0.143. The van der Waals surface area contributed by atoms with Gasteiger partial charge in [0.1, 0.15) is 10.7 Å². The summed E-state index contributed by atoms with van der Waals surface area (Å²) >= 11 is 0. The van der Waals surface area contributed by atoms with Gasteiger partial charge in [-0.15, -0.1) is 0 Å². The Morgan fingerprint density at radius 3 is 2.17 bits per heavy atom. The smallest absolute Gasteiger partial charge is 0.244 e. The van der Waals surface area contributed by atoms with E-state index in [1.165, 1.54) is 22.6 Å². The highest BCUT2D eigenvalue weighted by molar-refractivity contribution is 7.89. The molecule has 0 atom stereocenters. The lowest BCUT2D eigenvalue weighted by Crippen LogP contribution is -2.48. The summed E-state index contributed by atoms with van der Waals surface area (Å²) < 4.78 is 41.3. The number of rotatable bonds is 6. The first-order valence-electron chi connectivity index (χ1n) is 11.6. The second-order valence-corrected chi connectivity index (χ2v) is 10.5. The molecule has 2 aromatic heterocycles. The van der Waals surface area contributed by atoms with Gasteiger partial charge < -0.3 is 4.90 Å². The number of pyridine rings is 2. The molecule has 3 heterocycles. The zero-order chi connectivity index (χ0) is 25.0. The molecule has 1 aliphatic heterocycles. The molecule has 0 amide bonds. The Bertz CT molecular complexity index is 1450. The molecule has 182 valence electrons. The normalized spacial score (nSPS) is 14.9. The quantitative estimate of drug-likeness (QED) is 0.350. The lowest BCUT2D eigenvalue weighted by Gasteiger charge is -2.35. The molecule has 36 heavy (non-hydrogen) atoms. The Balaban J connectivity index is 1.23. The lowest BCUT2D eigenvalue weighted by atomic mass is 10.0. The molecule has 0 saturated carbocycles. The lowest BCUT2D eigenvalue weighted by molar-refractivity contribution is 0.385. The van der Waals surface area contributed by atoms with E-state index in [2.05, 4.69) is 14.9 Å². The fourth-order valence-corrected chi connectivity index (χ4v) is 5.63. The van der Waals surface area contributed by atoms with Crippen LogP contribution in [0.4, 0.5) is 10.1 Å². The summed E-state index contributed by atoms with van der Waals surface area (Å²) in [6.07, 6.45) is 10.2. The third-order valence-electron chi connectivity index (χ3n) is 6.17. The van der Waals surface area contributed by atoms with E-state index in [9.17, 15) is 12.8 Å². The van der Waals surface area contributed by atoms with Gasteiger partial charge in [0.25, 0.3) is 0 Å². The van der Waals surface area contributed by atoms with Gasteiger partial charge in [-0.3, -0.25) is 9.97 Å². The molecule has 1 saturated heterocycles. The first kappa shape index (κ1) is 23.8. The monoisotopic (exact) mass is 500 g/mol. The highest BCUT2D eigenvalue weighted by atomic mass is 32.2. The number of sulfonamides is 1. The van der Waals surface area contributed by atoms with Crippen molar-refractivity contribution in [1.82, 2.24) is 14.3 Å². The second kappa shape index (κ2) is 10.4. The van der Waals surface area contributed by atoms with Gasteiger partial charge in [0, 0.05) is 56.7 Å². The van der Waals surface area contributed by atoms with Gasteiger partial charge in [-0.25, -0.2) is 12.8 Å². The molecule has 0 radical (unpaired) electrons. The van der Waals surface area contributed by atoms with Crippen LogP contribution in [0.1, 0.15) is 11.1 Å². The molecule has 0 unspecified atom stereocenters. The van der Waals surface area contributed by atoms with Gasteiger partial charge >= 0.3 is 0 Å². The summed E-state index contributed by atoms with van der Waals surface area (Å²) in [5.74, 6) is -0.288. The Morgan fingerprint density at radius 1 is 0.750 bits per heavy atom. The highest BCUT2D eigenvalue weighted by Gasteiger charge is 2.28. The van der Waals surface area contributed by atoms with E-state index < -0.39 is 10.0 Å².